The van der Waals surface area contributed by atoms with E-state index in [4.69, 9.17) is 0 Å². The minimum atomic E-state index is -0.523. The van der Waals surface area contributed by atoms with Gasteiger partial charge in [0.05, 0.1) is 28.9 Å². The van der Waals surface area contributed by atoms with Gasteiger partial charge in [-0.25, -0.2) is 9.67 Å². The second-order valence-electron chi connectivity index (χ2n) is 6.88. The summed E-state index contributed by atoms with van der Waals surface area (Å²) in [6.07, 6.45) is 7.68. The molecule has 0 bridgehead atoms. The molecular formula is C20H15N5O3S. The second kappa shape index (κ2) is 6.85. The minimum Gasteiger partial charge on any atom is -0.303 e. The van der Waals surface area contributed by atoms with Gasteiger partial charge in [-0.15, -0.1) is 16.4 Å². The number of carbonyl (C=O) groups excluding carboxylic acids is 3. The summed E-state index contributed by atoms with van der Waals surface area (Å²) in [7, 11) is 0. The third-order valence-electron chi connectivity index (χ3n) is 4.96. The van der Waals surface area contributed by atoms with Gasteiger partial charge in [0.15, 0.2) is 5.01 Å². The Bertz CT molecular complexity index is 1190. The first kappa shape index (κ1) is 17.6. The number of rotatable bonds is 5. The van der Waals surface area contributed by atoms with Crippen LogP contribution in [0.3, 0.4) is 0 Å². The van der Waals surface area contributed by atoms with Gasteiger partial charge in [-0.05, 0) is 24.6 Å². The summed E-state index contributed by atoms with van der Waals surface area (Å²) in [5.41, 5.74) is 2.00. The average molecular weight is 405 g/mol. The molecule has 2 aliphatic rings. The summed E-state index contributed by atoms with van der Waals surface area (Å²) in [5.74, 6) is -1.47. The van der Waals surface area contributed by atoms with Crippen LogP contribution in [0.5, 0.6) is 0 Å². The predicted molar refractivity (Wildman–Crippen MR) is 105 cm³/mol. The number of nitrogens with zero attached hydrogens (tertiary/aromatic N) is 5. The van der Waals surface area contributed by atoms with E-state index in [0.717, 1.165) is 10.2 Å². The quantitative estimate of drug-likeness (QED) is 0.476. The van der Waals surface area contributed by atoms with Crippen molar-refractivity contribution in [3.63, 3.8) is 0 Å². The number of carbonyl (C=O) groups is 3. The van der Waals surface area contributed by atoms with Gasteiger partial charge in [-0.1, -0.05) is 29.5 Å². The summed E-state index contributed by atoms with van der Waals surface area (Å²) in [5, 5.41) is 8.47. The van der Waals surface area contributed by atoms with E-state index in [-0.39, 0.29) is 24.7 Å². The van der Waals surface area contributed by atoms with Gasteiger partial charge in [0.1, 0.15) is 12.2 Å². The normalized spacial score (nSPS) is 18.4. The minimum absolute atomic E-state index is 0.00770. The molecule has 5 rings (SSSR count). The Morgan fingerprint density at radius 1 is 1.24 bits per heavy atom. The Labute approximate surface area is 169 Å². The molecule has 1 aliphatic carbocycles. The van der Waals surface area contributed by atoms with Gasteiger partial charge in [0.25, 0.3) is 5.91 Å². The molecule has 0 spiro atoms. The second-order valence-corrected chi connectivity index (χ2v) is 7.91. The lowest BCUT2D eigenvalue weighted by molar-refractivity contribution is -0.140. The van der Waals surface area contributed by atoms with Gasteiger partial charge in [-0.3, -0.25) is 14.4 Å². The molecule has 1 atom stereocenters. The van der Waals surface area contributed by atoms with Crippen molar-refractivity contribution in [3.8, 4) is 0 Å². The fourth-order valence-corrected chi connectivity index (χ4v) is 4.45. The van der Waals surface area contributed by atoms with E-state index >= 15 is 0 Å². The maximum absolute atomic E-state index is 12.6. The molecule has 0 radical (unpaired) electrons. The van der Waals surface area contributed by atoms with Gasteiger partial charge >= 0.3 is 0 Å². The number of Topliss-reactive ketones (excluding diaryl/α,β-unsaturated/α-hetero) is 2. The van der Waals surface area contributed by atoms with Crippen LogP contribution < -0.4 is 0 Å². The molecule has 144 valence electrons. The van der Waals surface area contributed by atoms with Gasteiger partial charge in [0.2, 0.25) is 11.6 Å². The van der Waals surface area contributed by atoms with Gasteiger partial charge in [-0.2, -0.15) is 0 Å². The largest absolute Gasteiger partial charge is 0.303 e. The first-order valence-corrected chi connectivity index (χ1v) is 9.92. The molecule has 0 saturated carbocycles. The van der Waals surface area contributed by atoms with E-state index < -0.39 is 11.8 Å². The molecule has 0 N–H and O–H groups in total. The maximum atomic E-state index is 12.6. The van der Waals surface area contributed by atoms with Gasteiger partial charge < -0.3 is 4.90 Å². The number of likely N-dealkylation sites (tertiary alicyclic amines) is 1. The monoisotopic (exact) mass is 405 g/mol. The van der Waals surface area contributed by atoms with Crippen LogP contribution in [-0.2, 0) is 22.7 Å². The molecule has 29 heavy (non-hydrogen) atoms. The molecule has 1 aromatic carbocycles. The summed E-state index contributed by atoms with van der Waals surface area (Å²) >= 11 is 1.34. The van der Waals surface area contributed by atoms with Crippen LogP contribution in [0.15, 0.2) is 54.4 Å². The first-order chi connectivity index (χ1) is 14.1. The zero-order valence-corrected chi connectivity index (χ0v) is 16.0. The molecule has 1 aliphatic heterocycles. The lowest BCUT2D eigenvalue weighted by Gasteiger charge is -2.18. The highest BCUT2D eigenvalue weighted by molar-refractivity contribution is 7.20. The van der Waals surface area contributed by atoms with Crippen molar-refractivity contribution < 1.29 is 14.4 Å². The zero-order valence-electron chi connectivity index (χ0n) is 15.2. The molecule has 9 heteroatoms. The van der Waals surface area contributed by atoms with Crippen LogP contribution in [-0.4, -0.2) is 42.4 Å². The number of aromatic nitrogens is 4. The molecule has 3 aromatic rings. The summed E-state index contributed by atoms with van der Waals surface area (Å²) in [6, 6.07) is 7.58. The topological polar surface area (TPSA) is 98.1 Å². The maximum Gasteiger partial charge on any atom is 0.295 e. The van der Waals surface area contributed by atoms with Crippen molar-refractivity contribution in [1.29, 1.82) is 0 Å². The Balaban J connectivity index is 1.31. The number of thiazole rings is 1. The molecule has 1 saturated heterocycles. The predicted octanol–water partition coefficient (Wildman–Crippen LogP) is 2.14. The molecule has 3 heterocycles. The van der Waals surface area contributed by atoms with E-state index in [1.165, 1.54) is 20.9 Å². The Hall–Kier alpha value is -3.46. The number of benzene rings is 1. The third-order valence-corrected chi connectivity index (χ3v) is 6.04. The number of hydrogen-bond acceptors (Lipinski definition) is 7. The zero-order chi connectivity index (χ0) is 20.0. The van der Waals surface area contributed by atoms with Crippen molar-refractivity contribution in [2.24, 2.45) is 5.92 Å². The van der Waals surface area contributed by atoms with Crippen LogP contribution in [0.4, 0.5) is 0 Å². The van der Waals surface area contributed by atoms with Crippen molar-refractivity contribution in [3.05, 3.63) is 65.1 Å². The fraction of sp³-hybridized carbons (Fsp3) is 0.200. The van der Waals surface area contributed by atoms with Crippen molar-refractivity contribution in [2.45, 2.75) is 19.5 Å². The van der Waals surface area contributed by atoms with E-state index in [9.17, 15) is 14.4 Å². The SMILES string of the molecule is O=C(Cn1cc(CN2C(=O)C(=O)C3CC=CC=C32)nn1)c1nc2ccccc2s1. The van der Waals surface area contributed by atoms with Crippen LogP contribution in [0, 0.1) is 5.92 Å². The highest BCUT2D eigenvalue weighted by Crippen LogP contribution is 2.32. The Kier molecular flexibility index (Phi) is 4.17. The number of ketones is 2. The summed E-state index contributed by atoms with van der Waals surface area (Å²) in [6.45, 7) is 0.157. The Morgan fingerprint density at radius 2 is 2.10 bits per heavy atom. The molecule has 8 nitrogen and oxygen atoms in total. The van der Waals surface area contributed by atoms with E-state index in [1.54, 1.807) is 12.3 Å². The van der Waals surface area contributed by atoms with Gasteiger partial charge in [0, 0.05) is 5.70 Å². The third kappa shape index (κ3) is 3.09. The molecule has 2 aromatic heterocycles. The van der Waals surface area contributed by atoms with E-state index in [1.807, 2.05) is 36.4 Å². The number of hydrogen-bond donors (Lipinski definition) is 0. The standard InChI is InChI=1S/C20H15N5O3S/c26-16(19-21-14-6-2-4-8-17(14)29-19)11-24-9-12(22-23-24)10-25-15-7-3-1-5-13(15)18(27)20(25)28/h1-4,6-9,13H,5,10-11H2. The highest BCUT2D eigenvalue weighted by atomic mass is 32.1. The number of amides is 1. The molecular weight excluding hydrogens is 390 g/mol. The molecule has 1 amide bonds. The van der Waals surface area contributed by atoms with Crippen LogP contribution in [0.25, 0.3) is 10.2 Å². The van der Waals surface area contributed by atoms with E-state index in [0.29, 0.717) is 22.8 Å². The lowest BCUT2D eigenvalue weighted by Crippen LogP contribution is -2.26. The summed E-state index contributed by atoms with van der Waals surface area (Å²) < 4.78 is 2.38. The first-order valence-electron chi connectivity index (χ1n) is 9.10. The number of para-hydroxylation sites is 1. The molecule has 1 unspecified atom stereocenters. The van der Waals surface area contributed by atoms with Crippen molar-refractivity contribution in [1.82, 2.24) is 24.9 Å². The number of allylic oxidation sites excluding steroid dienone is 4. The van der Waals surface area contributed by atoms with Crippen molar-refractivity contribution in [2.75, 3.05) is 0 Å². The smallest absolute Gasteiger partial charge is 0.295 e. The van der Waals surface area contributed by atoms with Crippen LogP contribution in [0.2, 0.25) is 0 Å². The molecule has 1 fully saturated rings. The summed E-state index contributed by atoms with van der Waals surface area (Å²) in [4.78, 5) is 42.9. The fourth-order valence-electron chi connectivity index (χ4n) is 3.56. The lowest BCUT2D eigenvalue weighted by atomic mass is 9.96. The van der Waals surface area contributed by atoms with Crippen LogP contribution >= 0.6 is 11.3 Å². The highest BCUT2D eigenvalue weighted by Gasteiger charge is 2.43. The Morgan fingerprint density at radius 3 is 2.97 bits per heavy atom. The number of fused-ring (bicyclic) bond motifs is 2. The average Bonchev–Trinajstić information content (AvgIpc) is 3.42. The van der Waals surface area contributed by atoms with Crippen LogP contribution in [0.1, 0.15) is 21.9 Å². The van der Waals surface area contributed by atoms with E-state index in [2.05, 4.69) is 15.3 Å². The van der Waals surface area contributed by atoms with Crippen molar-refractivity contribution >= 4 is 39.0 Å².